The summed E-state index contributed by atoms with van der Waals surface area (Å²) < 4.78 is 2.60. The van der Waals surface area contributed by atoms with Crippen LogP contribution in [0.3, 0.4) is 0 Å². The second kappa shape index (κ2) is 6.71. The first kappa shape index (κ1) is 14.7. The van der Waals surface area contributed by atoms with E-state index in [9.17, 15) is 4.79 Å². The van der Waals surface area contributed by atoms with Gasteiger partial charge in [-0.3, -0.25) is 9.36 Å². The van der Waals surface area contributed by atoms with E-state index in [1.807, 2.05) is 18.2 Å². The quantitative estimate of drug-likeness (QED) is 0.844. The molecule has 1 aliphatic rings. The lowest BCUT2D eigenvalue weighted by atomic mass is 10.1. The topological polar surface area (TPSA) is 46.9 Å². The third kappa shape index (κ3) is 3.52. The molecule has 112 valence electrons. The molecule has 21 heavy (non-hydrogen) atoms. The van der Waals surface area contributed by atoms with Crippen LogP contribution in [0.25, 0.3) is 10.9 Å². The van der Waals surface area contributed by atoms with Crippen LogP contribution in [-0.4, -0.2) is 22.6 Å². The van der Waals surface area contributed by atoms with Gasteiger partial charge < -0.3 is 5.32 Å². The Kier molecular flexibility index (Phi) is 4.70. The van der Waals surface area contributed by atoms with Crippen molar-refractivity contribution in [2.75, 3.05) is 13.1 Å². The standard InChI is InChI=1S/C16H20BrN3O/c17-13-5-6-15-14(9-13)16(21)20(11-19-15)8-7-18-10-12-3-1-2-4-12/h5-6,9,11-12,18H,1-4,7-8,10H2. The van der Waals surface area contributed by atoms with Crippen molar-refractivity contribution in [3.8, 4) is 0 Å². The Morgan fingerprint density at radius 1 is 1.33 bits per heavy atom. The summed E-state index contributed by atoms with van der Waals surface area (Å²) in [4.78, 5) is 16.8. The number of fused-ring (bicyclic) bond motifs is 1. The average molecular weight is 350 g/mol. The molecule has 0 bridgehead atoms. The molecule has 0 aliphatic heterocycles. The highest BCUT2D eigenvalue weighted by Crippen LogP contribution is 2.23. The van der Waals surface area contributed by atoms with Crippen molar-refractivity contribution in [3.05, 3.63) is 39.4 Å². The minimum absolute atomic E-state index is 0.0315. The van der Waals surface area contributed by atoms with Gasteiger partial charge in [-0.2, -0.15) is 0 Å². The van der Waals surface area contributed by atoms with E-state index in [2.05, 4.69) is 26.2 Å². The average Bonchev–Trinajstić information content (AvgIpc) is 2.99. The highest BCUT2D eigenvalue weighted by Gasteiger charge is 2.13. The first-order valence-corrected chi connectivity index (χ1v) is 8.39. The summed E-state index contributed by atoms with van der Waals surface area (Å²) in [5.41, 5.74) is 0.780. The molecule has 1 aromatic carbocycles. The lowest BCUT2D eigenvalue weighted by Crippen LogP contribution is -2.29. The highest BCUT2D eigenvalue weighted by molar-refractivity contribution is 9.10. The minimum Gasteiger partial charge on any atom is -0.315 e. The van der Waals surface area contributed by atoms with Crippen molar-refractivity contribution < 1.29 is 0 Å². The van der Waals surface area contributed by atoms with Gasteiger partial charge in [0, 0.05) is 17.6 Å². The van der Waals surface area contributed by atoms with Gasteiger partial charge in [0.25, 0.3) is 5.56 Å². The van der Waals surface area contributed by atoms with Crippen LogP contribution in [0.1, 0.15) is 25.7 Å². The first-order valence-electron chi connectivity index (χ1n) is 7.59. The molecule has 0 radical (unpaired) electrons. The Balaban J connectivity index is 1.63. The van der Waals surface area contributed by atoms with Gasteiger partial charge in [-0.1, -0.05) is 28.8 Å². The lowest BCUT2D eigenvalue weighted by Gasteiger charge is -2.11. The fourth-order valence-corrected chi connectivity index (χ4v) is 3.37. The van der Waals surface area contributed by atoms with Crippen LogP contribution in [0.4, 0.5) is 0 Å². The molecule has 0 unspecified atom stereocenters. The Morgan fingerprint density at radius 2 is 2.14 bits per heavy atom. The number of nitrogens with one attached hydrogen (secondary N) is 1. The van der Waals surface area contributed by atoms with E-state index in [1.54, 1.807) is 10.9 Å². The number of aromatic nitrogens is 2. The third-order valence-corrected chi connectivity index (χ3v) is 4.72. The number of rotatable bonds is 5. The number of nitrogens with zero attached hydrogens (tertiary/aromatic N) is 2. The monoisotopic (exact) mass is 349 g/mol. The van der Waals surface area contributed by atoms with Gasteiger partial charge >= 0.3 is 0 Å². The smallest absolute Gasteiger partial charge is 0.261 e. The number of hydrogen-bond acceptors (Lipinski definition) is 3. The molecule has 2 aromatic rings. The van der Waals surface area contributed by atoms with Gasteiger partial charge in [-0.05, 0) is 43.5 Å². The molecule has 0 atom stereocenters. The SMILES string of the molecule is O=c1c2cc(Br)ccc2ncn1CCNCC1CCCC1. The Labute approximate surface area is 132 Å². The van der Waals surface area contributed by atoms with Crippen LogP contribution in [0.5, 0.6) is 0 Å². The van der Waals surface area contributed by atoms with Crippen molar-refractivity contribution in [3.63, 3.8) is 0 Å². The second-order valence-corrected chi connectivity index (χ2v) is 6.67. The molecular weight excluding hydrogens is 330 g/mol. The zero-order chi connectivity index (χ0) is 14.7. The maximum absolute atomic E-state index is 12.4. The first-order chi connectivity index (χ1) is 10.2. The molecular formula is C16H20BrN3O. The van der Waals surface area contributed by atoms with Crippen molar-refractivity contribution in [1.82, 2.24) is 14.9 Å². The fraction of sp³-hybridized carbons (Fsp3) is 0.500. The molecule has 1 fully saturated rings. The predicted octanol–water partition coefficient (Wildman–Crippen LogP) is 2.94. The summed E-state index contributed by atoms with van der Waals surface area (Å²) in [6, 6.07) is 5.61. The Bertz CT molecular complexity index is 677. The van der Waals surface area contributed by atoms with Gasteiger partial charge in [0.05, 0.1) is 17.2 Å². The second-order valence-electron chi connectivity index (χ2n) is 5.76. The number of halogens is 1. The van der Waals surface area contributed by atoms with E-state index in [1.165, 1.54) is 25.7 Å². The molecule has 0 amide bonds. The number of hydrogen-bond donors (Lipinski definition) is 1. The molecule has 5 heteroatoms. The van der Waals surface area contributed by atoms with Gasteiger partial charge in [0.1, 0.15) is 0 Å². The highest BCUT2D eigenvalue weighted by atomic mass is 79.9. The van der Waals surface area contributed by atoms with Crippen molar-refractivity contribution in [2.24, 2.45) is 5.92 Å². The van der Waals surface area contributed by atoms with E-state index in [0.29, 0.717) is 11.9 Å². The van der Waals surface area contributed by atoms with Gasteiger partial charge in [-0.25, -0.2) is 4.98 Å². The predicted molar refractivity (Wildman–Crippen MR) is 88.5 cm³/mol. The van der Waals surface area contributed by atoms with Crippen LogP contribution in [0.15, 0.2) is 33.8 Å². The molecule has 0 spiro atoms. The summed E-state index contributed by atoms with van der Waals surface area (Å²) in [5, 5.41) is 4.13. The van der Waals surface area contributed by atoms with Crippen molar-refractivity contribution in [1.29, 1.82) is 0 Å². The van der Waals surface area contributed by atoms with Crippen LogP contribution >= 0.6 is 15.9 Å². The molecule has 0 saturated heterocycles. The normalized spacial score (nSPS) is 15.9. The maximum atomic E-state index is 12.4. The van der Waals surface area contributed by atoms with Crippen molar-refractivity contribution >= 4 is 26.8 Å². The molecule has 3 rings (SSSR count). The maximum Gasteiger partial charge on any atom is 0.261 e. The zero-order valence-corrected chi connectivity index (χ0v) is 13.6. The molecule has 1 saturated carbocycles. The molecule has 4 nitrogen and oxygen atoms in total. The van der Waals surface area contributed by atoms with E-state index < -0.39 is 0 Å². The van der Waals surface area contributed by atoms with Crippen LogP contribution in [-0.2, 0) is 6.54 Å². The van der Waals surface area contributed by atoms with E-state index in [0.717, 1.165) is 29.0 Å². The van der Waals surface area contributed by atoms with Crippen LogP contribution in [0, 0.1) is 5.92 Å². The van der Waals surface area contributed by atoms with E-state index in [-0.39, 0.29) is 5.56 Å². The van der Waals surface area contributed by atoms with Crippen LogP contribution < -0.4 is 10.9 Å². The minimum atomic E-state index is 0.0315. The van der Waals surface area contributed by atoms with Crippen LogP contribution in [0.2, 0.25) is 0 Å². The molecule has 1 aliphatic carbocycles. The summed E-state index contributed by atoms with van der Waals surface area (Å²) in [5.74, 6) is 0.826. The summed E-state index contributed by atoms with van der Waals surface area (Å²) in [7, 11) is 0. The summed E-state index contributed by atoms with van der Waals surface area (Å²) in [6.07, 6.45) is 7.08. The van der Waals surface area contributed by atoms with Gasteiger partial charge in [0.2, 0.25) is 0 Å². The van der Waals surface area contributed by atoms with Crippen molar-refractivity contribution in [2.45, 2.75) is 32.2 Å². The van der Waals surface area contributed by atoms with Gasteiger partial charge in [0.15, 0.2) is 0 Å². The zero-order valence-electron chi connectivity index (χ0n) is 12.0. The third-order valence-electron chi connectivity index (χ3n) is 4.22. The molecule has 1 aromatic heterocycles. The van der Waals surface area contributed by atoms with E-state index >= 15 is 0 Å². The van der Waals surface area contributed by atoms with E-state index in [4.69, 9.17) is 0 Å². The van der Waals surface area contributed by atoms with Gasteiger partial charge in [-0.15, -0.1) is 0 Å². The fourth-order valence-electron chi connectivity index (χ4n) is 3.01. The number of benzene rings is 1. The lowest BCUT2D eigenvalue weighted by molar-refractivity contribution is 0.473. The largest absolute Gasteiger partial charge is 0.315 e. The molecule has 1 heterocycles. The summed E-state index contributed by atoms with van der Waals surface area (Å²) in [6.45, 7) is 2.56. The summed E-state index contributed by atoms with van der Waals surface area (Å²) >= 11 is 3.40. The Hall–Kier alpha value is -1.20. The Morgan fingerprint density at radius 3 is 2.95 bits per heavy atom. The molecule has 1 N–H and O–H groups in total.